The van der Waals surface area contributed by atoms with E-state index >= 15 is 0 Å². The van der Waals surface area contributed by atoms with Gasteiger partial charge in [0.05, 0.1) is 6.61 Å². The van der Waals surface area contributed by atoms with Crippen LogP contribution in [0.4, 0.5) is 0 Å². The molecule has 14 heteroatoms. The van der Waals surface area contributed by atoms with Crippen LogP contribution in [0.15, 0.2) is 72.9 Å². The first-order valence-corrected chi connectivity index (χ1v) is 25.7. The van der Waals surface area contributed by atoms with Gasteiger partial charge in [-0.2, -0.15) is 0 Å². The Balaban J connectivity index is 2.42. The van der Waals surface area contributed by atoms with Crippen molar-refractivity contribution in [1.82, 2.24) is 0 Å². The second kappa shape index (κ2) is 39.5. The Labute approximate surface area is 385 Å². The number of allylic oxidation sites excluding steroid dienone is 12. The fourth-order valence-corrected chi connectivity index (χ4v) is 7.89. The third-order valence-electron chi connectivity index (χ3n) is 10.8. The summed E-state index contributed by atoms with van der Waals surface area (Å²) in [5.74, 6) is -1.19. The molecule has 1 aliphatic carbocycles. The molecule has 1 saturated carbocycles. The van der Waals surface area contributed by atoms with E-state index in [9.17, 15) is 44.6 Å². The van der Waals surface area contributed by atoms with E-state index in [4.69, 9.17) is 18.5 Å². The van der Waals surface area contributed by atoms with Crippen molar-refractivity contribution in [3.05, 3.63) is 72.9 Å². The Morgan fingerprint density at radius 1 is 0.500 bits per heavy atom. The molecular formula is C50H85O13P. The number of carbonyl (C=O) groups is 2. The molecule has 64 heavy (non-hydrogen) atoms. The Kier molecular flexibility index (Phi) is 36.6. The van der Waals surface area contributed by atoms with Gasteiger partial charge in [0.25, 0.3) is 0 Å². The van der Waals surface area contributed by atoms with Gasteiger partial charge in [0.15, 0.2) is 6.10 Å². The van der Waals surface area contributed by atoms with Gasteiger partial charge in [-0.3, -0.25) is 18.6 Å². The highest BCUT2D eigenvalue weighted by Gasteiger charge is 2.51. The molecule has 13 nitrogen and oxygen atoms in total. The fourth-order valence-electron chi connectivity index (χ4n) is 6.92. The molecule has 7 unspecified atom stereocenters. The zero-order valence-electron chi connectivity index (χ0n) is 39.0. The second-order valence-corrected chi connectivity index (χ2v) is 18.0. The zero-order chi connectivity index (χ0) is 47.1. The lowest BCUT2D eigenvalue weighted by molar-refractivity contribution is -0.220. The van der Waals surface area contributed by atoms with Crippen LogP contribution < -0.4 is 0 Å². The number of rotatable bonds is 39. The summed E-state index contributed by atoms with van der Waals surface area (Å²) in [5, 5.41) is 50.2. The van der Waals surface area contributed by atoms with Gasteiger partial charge >= 0.3 is 19.8 Å². The van der Waals surface area contributed by atoms with Crippen LogP contribution in [0.25, 0.3) is 0 Å². The van der Waals surface area contributed by atoms with Crippen molar-refractivity contribution in [2.75, 3.05) is 13.2 Å². The highest BCUT2D eigenvalue weighted by molar-refractivity contribution is 7.47. The highest BCUT2D eigenvalue weighted by atomic mass is 31.2. The number of hydrogen-bond donors (Lipinski definition) is 6. The molecule has 0 saturated heterocycles. The number of aliphatic hydroxyl groups is 5. The van der Waals surface area contributed by atoms with Crippen molar-refractivity contribution >= 4 is 19.8 Å². The average molecular weight is 925 g/mol. The summed E-state index contributed by atoms with van der Waals surface area (Å²) in [6.45, 7) is 3.12. The van der Waals surface area contributed by atoms with Crippen molar-refractivity contribution in [2.45, 2.75) is 217 Å². The second-order valence-electron chi connectivity index (χ2n) is 16.6. The van der Waals surface area contributed by atoms with Crippen molar-refractivity contribution in [3.63, 3.8) is 0 Å². The molecular weight excluding hydrogens is 840 g/mol. The SMILES string of the molecule is CC/C=C/C/C=C/C/C=C/C/C=C/CCCCCCCCCCCC(=O)OCC(COP(=O)(O)OC1C(O)C(O)C(O)[C@H](O)C1O)OC(=O)CC/C=C/C/C=C/CCCCCCCC. The Morgan fingerprint density at radius 2 is 0.922 bits per heavy atom. The van der Waals surface area contributed by atoms with Gasteiger partial charge < -0.3 is 39.9 Å². The van der Waals surface area contributed by atoms with Crippen molar-refractivity contribution in [3.8, 4) is 0 Å². The lowest BCUT2D eigenvalue weighted by atomic mass is 9.85. The predicted octanol–water partition coefficient (Wildman–Crippen LogP) is 9.89. The molecule has 1 fully saturated rings. The Morgan fingerprint density at radius 3 is 1.42 bits per heavy atom. The van der Waals surface area contributed by atoms with Crippen molar-refractivity contribution in [1.29, 1.82) is 0 Å². The summed E-state index contributed by atoms with van der Waals surface area (Å²) in [6.07, 6.45) is 36.9. The molecule has 0 aromatic heterocycles. The molecule has 0 bridgehead atoms. The molecule has 0 aliphatic heterocycles. The number of phosphoric ester groups is 1. The van der Waals surface area contributed by atoms with E-state index in [0.717, 1.165) is 70.6 Å². The van der Waals surface area contributed by atoms with Crippen LogP contribution >= 0.6 is 7.82 Å². The maximum atomic E-state index is 12.8. The third kappa shape index (κ3) is 31.2. The summed E-state index contributed by atoms with van der Waals surface area (Å²) in [7, 11) is -5.14. The molecule has 0 aromatic carbocycles. The molecule has 368 valence electrons. The lowest BCUT2D eigenvalue weighted by Crippen LogP contribution is -2.64. The zero-order valence-corrected chi connectivity index (χ0v) is 39.9. The summed E-state index contributed by atoms with van der Waals surface area (Å²) in [6, 6.07) is 0. The van der Waals surface area contributed by atoms with Gasteiger partial charge in [0.2, 0.25) is 0 Å². The van der Waals surface area contributed by atoms with Crippen LogP contribution in [0.2, 0.25) is 0 Å². The van der Waals surface area contributed by atoms with Crippen molar-refractivity contribution in [2.24, 2.45) is 0 Å². The van der Waals surface area contributed by atoms with Crippen LogP contribution in [0.3, 0.4) is 0 Å². The first-order valence-electron chi connectivity index (χ1n) is 24.2. The monoisotopic (exact) mass is 925 g/mol. The van der Waals surface area contributed by atoms with Gasteiger partial charge in [-0.05, 0) is 70.6 Å². The number of aliphatic hydroxyl groups excluding tert-OH is 5. The molecule has 0 spiro atoms. The van der Waals surface area contributed by atoms with Crippen LogP contribution in [0.1, 0.15) is 174 Å². The maximum Gasteiger partial charge on any atom is 0.472 e. The third-order valence-corrected chi connectivity index (χ3v) is 11.8. The van der Waals surface area contributed by atoms with Crippen LogP contribution in [0, 0.1) is 0 Å². The Bertz CT molecular complexity index is 1390. The minimum absolute atomic E-state index is 0.0136. The molecule has 1 rings (SSSR count). The predicted molar refractivity (Wildman–Crippen MR) is 253 cm³/mol. The molecule has 8 atom stereocenters. The van der Waals surface area contributed by atoms with Gasteiger partial charge in [-0.15, -0.1) is 0 Å². The number of esters is 2. The number of unbranched alkanes of at least 4 members (excludes halogenated alkanes) is 15. The highest BCUT2D eigenvalue weighted by Crippen LogP contribution is 2.47. The fraction of sp³-hybridized carbons (Fsp3) is 0.720. The summed E-state index contributed by atoms with van der Waals surface area (Å²) in [5.41, 5.74) is 0. The topological polar surface area (TPSA) is 210 Å². The first-order chi connectivity index (χ1) is 30.9. The number of ether oxygens (including phenoxy) is 2. The molecule has 6 N–H and O–H groups in total. The van der Waals surface area contributed by atoms with Crippen LogP contribution in [-0.4, -0.2) is 98.3 Å². The summed E-state index contributed by atoms with van der Waals surface area (Å²) < 4.78 is 33.5. The molecule has 1 aliphatic rings. The molecule has 0 aromatic rings. The minimum atomic E-state index is -5.14. The summed E-state index contributed by atoms with van der Waals surface area (Å²) >= 11 is 0. The standard InChI is InChI=1S/C50H85O13P/c1-3-5-7-9-11-13-15-17-18-19-20-21-22-23-24-25-27-28-30-32-34-36-38-43(51)60-40-42(41-61-64(58,59)63-50-48(56)46(54)45(53)47(55)49(50)57)62-44(52)39-37-35-33-31-29-26-16-14-12-10-8-6-4-2/h5,7,11,13,17-18,20-21,26,29,33,35,42,45-50,53-57H,3-4,6,8-10,12,14-16,19,22-25,27-28,30-32,34,36-41H2,1-2H3,(H,58,59)/b7-5+,13-11+,18-17+,21-20+,29-26+,35-33+/t42?,45?,46-,47?,48?,49?,50?/m0/s1. The number of hydrogen-bond acceptors (Lipinski definition) is 12. The van der Waals surface area contributed by atoms with E-state index in [0.29, 0.717) is 12.8 Å². The van der Waals surface area contributed by atoms with Gasteiger partial charge in [-0.1, -0.05) is 164 Å². The molecule has 0 heterocycles. The smallest absolute Gasteiger partial charge is 0.462 e. The van der Waals surface area contributed by atoms with E-state index < -0.39 is 75.7 Å². The van der Waals surface area contributed by atoms with E-state index in [-0.39, 0.29) is 12.8 Å². The van der Waals surface area contributed by atoms with E-state index in [1.54, 1.807) is 0 Å². The molecule has 0 radical (unpaired) electrons. The average Bonchev–Trinajstić information content (AvgIpc) is 3.28. The van der Waals surface area contributed by atoms with E-state index in [1.165, 1.54) is 64.2 Å². The number of carbonyl (C=O) groups excluding carboxylic acids is 2. The number of phosphoric acid groups is 1. The summed E-state index contributed by atoms with van der Waals surface area (Å²) in [4.78, 5) is 35.7. The van der Waals surface area contributed by atoms with E-state index in [2.05, 4.69) is 74.6 Å². The van der Waals surface area contributed by atoms with E-state index in [1.807, 2.05) is 12.2 Å². The van der Waals surface area contributed by atoms with Crippen LogP contribution in [-0.2, 0) is 32.7 Å². The van der Waals surface area contributed by atoms with Gasteiger partial charge in [-0.25, -0.2) is 4.57 Å². The van der Waals surface area contributed by atoms with Crippen molar-refractivity contribution < 1.29 is 63.1 Å². The maximum absolute atomic E-state index is 12.8. The molecule has 0 amide bonds. The van der Waals surface area contributed by atoms with Gasteiger partial charge in [0.1, 0.15) is 43.2 Å². The lowest BCUT2D eigenvalue weighted by Gasteiger charge is -2.41. The minimum Gasteiger partial charge on any atom is -0.462 e. The first kappa shape index (κ1) is 59.3. The van der Waals surface area contributed by atoms with Crippen LogP contribution in [0.5, 0.6) is 0 Å². The quantitative estimate of drug-likeness (QED) is 0.0147. The largest absolute Gasteiger partial charge is 0.472 e. The normalized spacial score (nSPS) is 22.2. The van der Waals surface area contributed by atoms with Gasteiger partial charge in [0, 0.05) is 12.8 Å². The Hall–Kier alpha value is -2.71.